The van der Waals surface area contributed by atoms with Crippen LogP contribution in [0.2, 0.25) is 0 Å². The smallest absolute Gasteiger partial charge is 0.126 e. The lowest BCUT2D eigenvalue weighted by molar-refractivity contribution is 0.235. The first kappa shape index (κ1) is 16.1. The van der Waals surface area contributed by atoms with Gasteiger partial charge in [-0.25, -0.2) is 4.39 Å². The predicted octanol–water partition coefficient (Wildman–Crippen LogP) is 2.02. The van der Waals surface area contributed by atoms with Crippen molar-refractivity contribution in [3.8, 4) is 0 Å². The molecule has 1 unspecified atom stereocenters. The molecule has 1 aromatic carbocycles. The molecule has 0 amide bonds. The number of hydrogen-bond donors (Lipinski definition) is 1. The summed E-state index contributed by atoms with van der Waals surface area (Å²) in [6, 6.07) is 5.42. The fourth-order valence-electron chi connectivity index (χ4n) is 2.24. The highest BCUT2D eigenvalue weighted by molar-refractivity contribution is 5.26. The van der Waals surface area contributed by atoms with Crippen LogP contribution in [0, 0.1) is 12.7 Å². The van der Waals surface area contributed by atoms with Crippen LogP contribution in [0.25, 0.3) is 0 Å². The Hall–Kier alpha value is -0.970. The third kappa shape index (κ3) is 4.90. The maximum atomic E-state index is 13.3. The summed E-state index contributed by atoms with van der Waals surface area (Å²) >= 11 is 0. The second-order valence-corrected chi connectivity index (χ2v) is 5.40. The van der Waals surface area contributed by atoms with E-state index in [-0.39, 0.29) is 11.9 Å². The van der Waals surface area contributed by atoms with Gasteiger partial charge < -0.3 is 10.6 Å². The maximum Gasteiger partial charge on any atom is 0.126 e. The Morgan fingerprint density at radius 1 is 1.21 bits per heavy atom. The third-order valence-electron chi connectivity index (χ3n) is 3.44. The number of hydrogen-bond acceptors (Lipinski definition) is 3. The molecule has 1 aromatic rings. The zero-order valence-electron chi connectivity index (χ0n) is 12.5. The number of halogens is 1. The highest BCUT2D eigenvalue weighted by Gasteiger charge is 2.16. The second-order valence-electron chi connectivity index (χ2n) is 5.40. The van der Waals surface area contributed by atoms with Gasteiger partial charge in [0.05, 0.1) is 0 Å². The molecule has 1 atom stereocenters. The Labute approximate surface area is 116 Å². The van der Waals surface area contributed by atoms with Gasteiger partial charge in [-0.1, -0.05) is 12.1 Å². The van der Waals surface area contributed by atoms with Crippen molar-refractivity contribution in [1.82, 2.24) is 9.80 Å². The third-order valence-corrected chi connectivity index (χ3v) is 3.44. The molecule has 0 fully saturated rings. The van der Waals surface area contributed by atoms with Crippen molar-refractivity contribution >= 4 is 0 Å². The highest BCUT2D eigenvalue weighted by Crippen LogP contribution is 2.20. The number of aryl methyl sites for hydroxylation is 1. The average molecular weight is 267 g/mol. The first-order chi connectivity index (χ1) is 8.95. The molecule has 0 saturated carbocycles. The molecule has 0 aliphatic carbocycles. The molecule has 2 N–H and O–H groups in total. The van der Waals surface area contributed by atoms with Gasteiger partial charge in [0, 0.05) is 12.6 Å². The molecule has 0 aliphatic heterocycles. The number of benzene rings is 1. The first-order valence-electron chi connectivity index (χ1n) is 6.76. The maximum absolute atomic E-state index is 13.3. The molecule has 0 spiro atoms. The average Bonchev–Trinajstić information content (AvgIpc) is 2.34. The van der Waals surface area contributed by atoms with Crippen molar-refractivity contribution < 1.29 is 4.39 Å². The minimum Gasteiger partial charge on any atom is -0.329 e. The molecule has 0 radical (unpaired) electrons. The summed E-state index contributed by atoms with van der Waals surface area (Å²) in [5, 5.41) is 0. The van der Waals surface area contributed by atoms with Crippen LogP contribution in [0.1, 0.15) is 23.6 Å². The molecule has 4 heteroatoms. The minimum atomic E-state index is -0.158. The summed E-state index contributed by atoms with van der Waals surface area (Å²) < 4.78 is 13.3. The zero-order chi connectivity index (χ0) is 14.4. The summed E-state index contributed by atoms with van der Waals surface area (Å²) in [5.74, 6) is -0.158. The normalized spacial score (nSPS) is 13.3. The van der Waals surface area contributed by atoms with Crippen molar-refractivity contribution in [3.05, 3.63) is 35.1 Å². The van der Waals surface area contributed by atoms with E-state index >= 15 is 0 Å². The fourth-order valence-corrected chi connectivity index (χ4v) is 2.24. The van der Waals surface area contributed by atoms with Gasteiger partial charge in [-0.15, -0.1) is 0 Å². The van der Waals surface area contributed by atoms with Gasteiger partial charge in [-0.3, -0.25) is 4.90 Å². The van der Waals surface area contributed by atoms with E-state index in [0.29, 0.717) is 12.1 Å². The van der Waals surface area contributed by atoms with Crippen molar-refractivity contribution in [2.45, 2.75) is 19.4 Å². The van der Waals surface area contributed by atoms with Crippen LogP contribution in [0.15, 0.2) is 18.2 Å². The molecule has 0 saturated heterocycles. The Balaban J connectivity index is 2.67. The second kappa shape index (κ2) is 7.58. The van der Waals surface area contributed by atoms with Gasteiger partial charge in [-0.2, -0.15) is 0 Å². The van der Waals surface area contributed by atoms with Gasteiger partial charge in [-0.05, 0) is 64.8 Å². The molecule has 0 aliphatic rings. The molecular weight excluding hydrogens is 241 g/mol. The molecule has 19 heavy (non-hydrogen) atoms. The van der Waals surface area contributed by atoms with Gasteiger partial charge in [0.15, 0.2) is 0 Å². The van der Waals surface area contributed by atoms with Crippen molar-refractivity contribution in [2.24, 2.45) is 5.73 Å². The van der Waals surface area contributed by atoms with E-state index in [2.05, 4.69) is 30.9 Å². The van der Waals surface area contributed by atoms with Crippen LogP contribution in [-0.2, 0) is 0 Å². The molecule has 108 valence electrons. The summed E-state index contributed by atoms with van der Waals surface area (Å²) in [6.07, 6.45) is 1.10. The molecule has 0 bridgehead atoms. The highest BCUT2D eigenvalue weighted by atomic mass is 19.1. The molecule has 0 heterocycles. The summed E-state index contributed by atoms with van der Waals surface area (Å²) in [4.78, 5) is 4.42. The van der Waals surface area contributed by atoms with Gasteiger partial charge in [0.1, 0.15) is 5.82 Å². The molecule has 0 aromatic heterocycles. The van der Waals surface area contributed by atoms with Crippen LogP contribution in [0.3, 0.4) is 0 Å². The van der Waals surface area contributed by atoms with Gasteiger partial charge in [0.2, 0.25) is 0 Å². The lowest BCUT2D eigenvalue weighted by Gasteiger charge is -2.28. The summed E-state index contributed by atoms with van der Waals surface area (Å²) in [5.41, 5.74) is 7.65. The Bertz CT molecular complexity index is 393. The lowest BCUT2D eigenvalue weighted by Crippen LogP contribution is -2.32. The monoisotopic (exact) mass is 267 g/mol. The van der Waals surface area contributed by atoms with Crippen LogP contribution < -0.4 is 5.73 Å². The van der Waals surface area contributed by atoms with E-state index in [4.69, 9.17) is 5.73 Å². The molecule has 3 nitrogen and oxygen atoms in total. The summed E-state index contributed by atoms with van der Waals surface area (Å²) in [6.45, 7) is 4.38. The Morgan fingerprint density at radius 3 is 2.42 bits per heavy atom. The van der Waals surface area contributed by atoms with E-state index in [1.807, 2.05) is 12.1 Å². The van der Waals surface area contributed by atoms with E-state index < -0.39 is 0 Å². The van der Waals surface area contributed by atoms with Crippen LogP contribution in [-0.4, -0.2) is 50.6 Å². The standard InChI is InChI=1S/C15H26FN3/c1-12-10-13(6-7-14(12)16)15(11-17)19(4)9-5-8-18(2)3/h6-7,10,15H,5,8-9,11,17H2,1-4H3. The quantitative estimate of drug-likeness (QED) is 0.820. The number of nitrogens with two attached hydrogens (primary N) is 1. The van der Waals surface area contributed by atoms with E-state index in [9.17, 15) is 4.39 Å². The zero-order valence-corrected chi connectivity index (χ0v) is 12.5. The molecule has 1 rings (SSSR count). The van der Waals surface area contributed by atoms with Crippen LogP contribution in [0.5, 0.6) is 0 Å². The van der Waals surface area contributed by atoms with Gasteiger partial charge in [0.25, 0.3) is 0 Å². The number of likely N-dealkylation sites (N-methyl/N-ethyl adjacent to an activating group) is 1. The Morgan fingerprint density at radius 2 is 1.89 bits per heavy atom. The van der Waals surface area contributed by atoms with E-state index in [1.165, 1.54) is 6.07 Å². The van der Waals surface area contributed by atoms with E-state index in [0.717, 1.165) is 25.1 Å². The fraction of sp³-hybridized carbons (Fsp3) is 0.600. The van der Waals surface area contributed by atoms with E-state index in [1.54, 1.807) is 6.92 Å². The SMILES string of the molecule is Cc1cc(C(CN)N(C)CCCN(C)C)ccc1F. The topological polar surface area (TPSA) is 32.5 Å². The van der Waals surface area contributed by atoms with Crippen molar-refractivity contribution in [2.75, 3.05) is 40.8 Å². The minimum absolute atomic E-state index is 0.154. The summed E-state index contributed by atoms with van der Waals surface area (Å²) in [7, 11) is 6.22. The number of nitrogens with zero attached hydrogens (tertiary/aromatic N) is 2. The Kier molecular flexibility index (Phi) is 6.42. The van der Waals surface area contributed by atoms with Crippen molar-refractivity contribution in [3.63, 3.8) is 0 Å². The first-order valence-corrected chi connectivity index (χ1v) is 6.76. The number of rotatable bonds is 7. The predicted molar refractivity (Wildman–Crippen MR) is 78.7 cm³/mol. The van der Waals surface area contributed by atoms with Crippen LogP contribution >= 0.6 is 0 Å². The van der Waals surface area contributed by atoms with Crippen molar-refractivity contribution in [1.29, 1.82) is 0 Å². The largest absolute Gasteiger partial charge is 0.329 e. The molecular formula is C15H26FN3. The van der Waals surface area contributed by atoms with Crippen LogP contribution in [0.4, 0.5) is 4.39 Å². The van der Waals surface area contributed by atoms with Gasteiger partial charge >= 0.3 is 0 Å². The lowest BCUT2D eigenvalue weighted by atomic mass is 10.0.